The normalized spacial score (nSPS) is 11.9. The second-order valence-electron chi connectivity index (χ2n) is 6.74. The van der Waals surface area contributed by atoms with E-state index in [1.54, 1.807) is 48.5 Å². The minimum absolute atomic E-state index is 0.120. The molecule has 0 heterocycles. The van der Waals surface area contributed by atoms with Gasteiger partial charge in [0, 0.05) is 13.1 Å². The third kappa shape index (κ3) is 9.81. The minimum Gasteiger partial charge on any atom is -0.367 e. The predicted octanol–water partition coefficient (Wildman–Crippen LogP) is 2.81. The molecule has 2 amide bonds. The summed E-state index contributed by atoms with van der Waals surface area (Å²) in [5.41, 5.74) is 2.83. The van der Waals surface area contributed by atoms with Crippen LogP contribution in [-0.4, -0.2) is 34.3 Å². The lowest BCUT2D eigenvalue weighted by Gasteiger charge is -2.10. The molecular formula is C20H24F3N3O4S. The van der Waals surface area contributed by atoms with Gasteiger partial charge in [-0.1, -0.05) is 48.5 Å². The highest BCUT2D eigenvalue weighted by Crippen LogP contribution is 2.16. The van der Waals surface area contributed by atoms with Crippen molar-refractivity contribution in [2.24, 2.45) is 0 Å². The van der Waals surface area contributed by atoms with Crippen molar-refractivity contribution in [3.8, 4) is 0 Å². The number of sulfonamides is 1. The molecule has 11 heteroatoms. The fourth-order valence-corrected chi connectivity index (χ4v) is 3.29. The highest BCUT2D eigenvalue weighted by Gasteiger charge is 2.27. The Kier molecular flexibility index (Phi) is 8.84. The van der Waals surface area contributed by atoms with Gasteiger partial charge in [-0.15, -0.1) is 0 Å². The summed E-state index contributed by atoms with van der Waals surface area (Å²) < 4.78 is 66.1. The lowest BCUT2D eigenvalue weighted by molar-refractivity contribution is -0.176. The number of amides is 2. The van der Waals surface area contributed by atoms with Crippen LogP contribution in [0.3, 0.4) is 0 Å². The molecule has 0 aliphatic carbocycles. The molecule has 3 N–H and O–H groups in total. The maximum Gasteiger partial charge on any atom is 0.411 e. The topological polar surface area (TPSA) is 96.5 Å². The molecule has 31 heavy (non-hydrogen) atoms. The van der Waals surface area contributed by atoms with Crippen LogP contribution < -0.4 is 15.4 Å². The second-order valence-corrected chi connectivity index (χ2v) is 8.67. The number of hydrogen-bond acceptors (Lipinski definition) is 4. The third-order valence-corrected chi connectivity index (χ3v) is 5.49. The number of hydrogen-bond donors (Lipinski definition) is 3. The van der Waals surface area contributed by atoms with Gasteiger partial charge in [-0.3, -0.25) is 0 Å². The predicted molar refractivity (Wildman–Crippen MR) is 109 cm³/mol. The third-order valence-electron chi connectivity index (χ3n) is 4.15. The fraction of sp³-hybridized carbons (Fsp3) is 0.350. The summed E-state index contributed by atoms with van der Waals surface area (Å²) in [7, 11) is -1.99. The standard InChI is InChI=1S/C20H24F3N3O4S/c1-24-31(28,29)13-18-8-4-16(5-9-18)11-26-19(27)25-10-15-2-6-17(7-3-15)12-30-14-20(21,22)23/h2-9,24H,10-14H2,1H3,(H2,25,26,27). The Labute approximate surface area is 179 Å². The quantitative estimate of drug-likeness (QED) is 0.509. The maximum atomic E-state index is 12.1. The lowest BCUT2D eigenvalue weighted by atomic mass is 10.1. The molecule has 0 aliphatic rings. The van der Waals surface area contributed by atoms with Crippen LogP contribution in [0.5, 0.6) is 0 Å². The first-order valence-corrected chi connectivity index (χ1v) is 10.9. The van der Waals surface area contributed by atoms with E-state index >= 15 is 0 Å². The molecule has 0 unspecified atom stereocenters. The summed E-state index contributed by atoms with van der Waals surface area (Å²) in [5, 5.41) is 5.38. The number of urea groups is 1. The Bertz CT molecular complexity index is 947. The molecule has 0 radical (unpaired) electrons. The van der Waals surface area contributed by atoms with Gasteiger partial charge in [-0.05, 0) is 29.3 Å². The summed E-state index contributed by atoms with van der Waals surface area (Å²) in [5.74, 6) is -0.120. The number of carbonyl (C=O) groups is 1. The molecule has 2 rings (SSSR count). The molecule has 7 nitrogen and oxygen atoms in total. The van der Waals surface area contributed by atoms with Gasteiger partial charge >= 0.3 is 12.2 Å². The molecule has 170 valence electrons. The number of halogens is 3. The first-order valence-electron chi connectivity index (χ1n) is 9.29. The van der Waals surface area contributed by atoms with Crippen LogP contribution >= 0.6 is 0 Å². The molecule has 0 aliphatic heterocycles. The average Bonchev–Trinajstić information content (AvgIpc) is 2.71. The molecule has 0 saturated heterocycles. The highest BCUT2D eigenvalue weighted by atomic mass is 32.2. The molecule has 2 aromatic carbocycles. The smallest absolute Gasteiger partial charge is 0.367 e. The van der Waals surface area contributed by atoms with Crippen LogP contribution in [0.25, 0.3) is 0 Å². The van der Waals surface area contributed by atoms with Gasteiger partial charge in [-0.25, -0.2) is 17.9 Å². The average molecular weight is 459 g/mol. The van der Waals surface area contributed by atoms with E-state index in [0.717, 1.165) is 11.1 Å². The van der Waals surface area contributed by atoms with E-state index in [-0.39, 0.29) is 31.5 Å². The van der Waals surface area contributed by atoms with E-state index in [2.05, 4.69) is 20.1 Å². The lowest BCUT2D eigenvalue weighted by Crippen LogP contribution is -2.34. The van der Waals surface area contributed by atoms with Crippen molar-refractivity contribution >= 4 is 16.1 Å². The summed E-state index contributed by atoms with van der Waals surface area (Å²) in [6, 6.07) is 13.1. The molecular weight excluding hydrogens is 435 g/mol. The molecule has 0 saturated carbocycles. The second kappa shape index (κ2) is 11.1. The number of nitrogens with one attached hydrogen (secondary N) is 3. The number of ether oxygens (including phenoxy) is 1. The Morgan fingerprint density at radius 2 is 1.32 bits per heavy atom. The Morgan fingerprint density at radius 3 is 1.77 bits per heavy atom. The minimum atomic E-state index is -4.35. The van der Waals surface area contributed by atoms with Gasteiger partial charge in [-0.2, -0.15) is 13.2 Å². The van der Waals surface area contributed by atoms with Gasteiger partial charge in [0.05, 0.1) is 12.4 Å². The monoisotopic (exact) mass is 459 g/mol. The van der Waals surface area contributed by atoms with Crippen LogP contribution in [-0.2, 0) is 40.2 Å². The zero-order valence-corrected chi connectivity index (χ0v) is 17.6. The molecule has 0 aromatic heterocycles. The Balaban J connectivity index is 1.72. The zero-order chi connectivity index (χ0) is 22.9. The van der Waals surface area contributed by atoms with E-state index < -0.39 is 22.8 Å². The van der Waals surface area contributed by atoms with Crippen LogP contribution in [0, 0.1) is 0 Å². The SMILES string of the molecule is CNS(=O)(=O)Cc1ccc(CNC(=O)NCc2ccc(COCC(F)(F)F)cc2)cc1. The first kappa shape index (κ1) is 24.6. The van der Waals surface area contributed by atoms with Gasteiger partial charge in [0.1, 0.15) is 6.61 Å². The van der Waals surface area contributed by atoms with E-state index in [4.69, 9.17) is 0 Å². The Morgan fingerprint density at radius 1 is 0.871 bits per heavy atom. The van der Waals surface area contributed by atoms with Crippen molar-refractivity contribution in [1.82, 2.24) is 15.4 Å². The largest absolute Gasteiger partial charge is 0.411 e. The van der Waals surface area contributed by atoms with E-state index in [0.29, 0.717) is 11.1 Å². The van der Waals surface area contributed by atoms with Gasteiger partial charge in [0.25, 0.3) is 0 Å². The summed E-state index contributed by atoms with van der Waals surface area (Å²) >= 11 is 0. The number of rotatable bonds is 10. The summed E-state index contributed by atoms with van der Waals surface area (Å²) in [6.07, 6.45) is -4.35. The van der Waals surface area contributed by atoms with Crippen molar-refractivity contribution in [1.29, 1.82) is 0 Å². The van der Waals surface area contributed by atoms with Crippen molar-refractivity contribution in [3.63, 3.8) is 0 Å². The first-order chi connectivity index (χ1) is 14.6. The molecule has 0 atom stereocenters. The van der Waals surface area contributed by atoms with Crippen molar-refractivity contribution in [2.75, 3.05) is 13.7 Å². The molecule has 0 bridgehead atoms. The van der Waals surface area contributed by atoms with Crippen LogP contribution in [0.2, 0.25) is 0 Å². The fourth-order valence-electron chi connectivity index (χ4n) is 2.51. The van der Waals surface area contributed by atoms with Crippen LogP contribution in [0.15, 0.2) is 48.5 Å². The summed E-state index contributed by atoms with van der Waals surface area (Å²) in [4.78, 5) is 11.9. The molecule has 0 spiro atoms. The molecule has 0 fully saturated rings. The molecule has 2 aromatic rings. The van der Waals surface area contributed by atoms with Crippen LogP contribution in [0.4, 0.5) is 18.0 Å². The van der Waals surface area contributed by atoms with Gasteiger partial charge in [0.15, 0.2) is 0 Å². The number of benzene rings is 2. The Hall–Kier alpha value is -2.63. The highest BCUT2D eigenvalue weighted by molar-refractivity contribution is 7.88. The van der Waals surface area contributed by atoms with Crippen molar-refractivity contribution in [3.05, 3.63) is 70.8 Å². The number of alkyl halides is 3. The van der Waals surface area contributed by atoms with E-state index in [1.165, 1.54) is 7.05 Å². The van der Waals surface area contributed by atoms with E-state index in [9.17, 15) is 26.4 Å². The van der Waals surface area contributed by atoms with Crippen LogP contribution in [0.1, 0.15) is 22.3 Å². The maximum absolute atomic E-state index is 12.1. The van der Waals surface area contributed by atoms with Gasteiger partial charge < -0.3 is 15.4 Å². The van der Waals surface area contributed by atoms with E-state index in [1.807, 2.05) is 0 Å². The van der Waals surface area contributed by atoms with Crippen molar-refractivity contribution in [2.45, 2.75) is 31.6 Å². The van der Waals surface area contributed by atoms with Gasteiger partial charge in [0.2, 0.25) is 10.0 Å². The number of carbonyl (C=O) groups excluding carboxylic acids is 1. The van der Waals surface area contributed by atoms with Crippen molar-refractivity contribution < 1.29 is 31.1 Å². The zero-order valence-electron chi connectivity index (χ0n) is 16.8. The summed E-state index contributed by atoms with van der Waals surface area (Å²) in [6.45, 7) is -0.932.